The highest BCUT2D eigenvalue weighted by Gasteiger charge is 2.19. The van der Waals surface area contributed by atoms with Gasteiger partial charge in [0.25, 0.3) is 0 Å². The normalized spacial score (nSPS) is 15.2. The van der Waals surface area contributed by atoms with E-state index in [4.69, 9.17) is 0 Å². The zero-order valence-corrected chi connectivity index (χ0v) is 14.8. The minimum atomic E-state index is -0.305. The van der Waals surface area contributed by atoms with Gasteiger partial charge in [-0.3, -0.25) is 9.69 Å². The molecule has 1 aliphatic heterocycles. The average Bonchev–Trinajstić information content (AvgIpc) is 2.60. The fraction of sp³-hybridized carbons (Fsp3) is 0.350. The zero-order valence-electron chi connectivity index (χ0n) is 14.8. The number of rotatable bonds is 4. The van der Waals surface area contributed by atoms with Crippen molar-refractivity contribution in [3.63, 3.8) is 0 Å². The molecular weight excluding hydrogens is 317 g/mol. The first-order valence-corrected chi connectivity index (χ1v) is 8.61. The summed E-state index contributed by atoms with van der Waals surface area (Å²) in [5.74, 6) is -0.369. The first kappa shape index (κ1) is 17.4. The average molecular weight is 341 g/mol. The molecule has 0 spiro atoms. The maximum absolute atomic E-state index is 12.9. The molecule has 3 rings (SSSR count). The number of benzene rings is 2. The van der Waals surface area contributed by atoms with Crippen LogP contribution in [0.5, 0.6) is 0 Å². The van der Waals surface area contributed by atoms with Crippen LogP contribution in [0.1, 0.15) is 11.1 Å². The molecular formula is C20H24FN3O. The number of anilines is 2. The first-order chi connectivity index (χ1) is 12.0. The minimum Gasteiger partial charge on any atom is -0.369 e. The second kappa shape index (κ2) is 7.66. The number of aryl methyl sites for hydroxylation is 2. The molecule has 1 fully saturated rings. The summed E-state index contributed by atoms with van der Waals surface area (Å²) >= 11 is 0. The van der Waals surface area contributed by atoms with E-state index in [2.05, 4.69) is 47.2 Å². The molecule has 0 saturated carbocycles. The molecule has 1 N–H and O–H groups in total. The number of amides is 1. The van der Waals surface area contributed by atoms with E-state index in [1.807, 2.05) is 0 Å². The molecule has 1 saturated heterocycles. The number of nitrogens with one attached hydrogen (secondary N) is 1. The lowest BCUT2D eigenvalue weighted by atomic mass is 10.1. The quantitative estimate of drug-likeness (QED) is 0.928. The maximum Gasteiger partial charge on any atom is 0.238 e. The summed E-state index contributed by atoms with van der Waals surface area (Å²) in [6, 6.07) is 12.4. The maximum atomic E-state index is 12.9. The SMILES string of the molecule is Cc1ccc(N2CCN(CC(=O)Nc3ccc(F)cc3)CC2)cc1C. The first-order valence-electron chi connectivity index (χ1n) is 8.61. The molecule has 25 heavy (non-hydrogen) atoms. The third-order valence-electron chi connectivity index (χ3n) is 4.72. The Kier molecular flexibility index (Phi) is 5.34. The van der Waals surface area contributed by atoms with Crippen molar-refractivity contribution in [1.29, 1.82) is 0 Å². The Hall–Kier alpha value is -2.40. The molecule has 0 unspecified atom stereocenters. The van der Waals surface area contributed by atoms with Crippen LogP contribution in [0.2, 0.25) is 0 Å². The summed E-state index contributed by atoms with van der Waals surface area (Å²) < 4.78 is 12.9. The van der Waals surface area contributed by atoms with Crippen molar-refractivity contribution in [3.05, 3.63) is 59.4 Å². The van der Waals surface area contributed by atoms with Crippen molar-refractivity contribution in [3.8, 4) is 0 Å². The van der Waals surface area contributed by atoms with Crippen LogP contribution < -0.4 is 10.2 Å². The highest BCUT2D eigenvalue weighted by Crippen LogP contribution is 2.20. The predicted molar refractivity (Wildman–Crippen MR) is 99.6 cm³/mol. The van der Waals surface area contributed by atoms with Gasteiger partial charge in [0.05, 0.1) is 6.54 Å². The van der Waals surface area contributed by atoms with E-state index < -0.39 is 0 Å². The smallest absolute Gasteiger partial charge is 0.238 e. The Bertz CT molecular complexity index is 737. The van der Waals surface area contributed by atoms with E-state index in [0.717, 1.165) is 26.2 Å². The van der Waals surface area contributed by atoms with E-state index in [0.29, 0.717) is 12.2 Å². The van der Waals surface area contributed by atoms with Crippen LogP contribution in [-0.4, -0.2) is 43.5 Å². The van der Waals surface area contributed by atoms with Gasteiger partial charge in [-0.1, -0.05) is 6.07 Å². The molecule has 0 radical (unpaired) electrons. The van der Waals surface area contributed by atoms with Gasteiger partial charge in [0.2, 0.25) is 5.91 Å². The summed E-state index contributed by atoms with van der Waals surface area (Å²) in [7, 11) is 0. The molecule has 0 aromatic heterocycles. The van der Waals surface area contributed by atoms with Gasteiger partial charge in [0.15, 0.2) is 0 Å². The highest BCUT2D eigenvalue weighted by atomic mass is 19.1. The van der Waals surface area contributed by atoms with Gasteiger partial charge >= 0.3 is 0 Å². The van der Waals surface area contributed by atoms with Gasteiger partial charge in [-0.25, -0.2) is 4.39 Å². The number of carbonyl (C=O) groups excluding carboxylic acids is 1. The zero-order chi connectivity index (χ0) is 17.8. The van der Waals surface area contributed by atoms with E-state index in [1.165, 1.54) is 28.9 Å². The Morgan fingerprint density at radius 3 is 2.32 bits per heavy atom. The van der Waals surface area contributed by atoms with Crippen LogP contribution in [0.25, 0.3) is 0 Å². The van der Waals surface area contributed by atoms with Crippen molar-refractivity contribution < 1.29 is 9.18 Å². The van der Waals surface area contributed by atoms with Crippen LogP contribution in [-0.2, 0) is 4.79 Å². The second-order valence-electron chi connectivity index (χ2n) is 6.59. The molecule has 2 aromatic rings. The fourth-order valence-electron chi connectivity index (χ4n) is 3.02. The van der Waals surface area contributed by atoms with E-state index in [1.54, 1.807) is 12.1 Å². The monoisotopic (exact) mass is 341 g/mol. The van der Waals surface area contributed by atoms with Crippen LogP contribution in [0.3, 0.4) is 0 Å². The number of hydrogen-bond donors (Lipinski definition) is 1. The third-order valence-corrected chi connectivity index (χ3v) is 4.72. The van der Waals surface area contributed by atoms with Crippen molar-refractivity contribution in [2.24, 2.45) is 0 Å². The Balaban J connectivity index is 1.49. The second-order valence-corrected chi connectivity index (χ2v) is 6.59. The summed E-state index contributed by atoms with van der Waals surface area (Å²) in [6.45, 7) is 8.13. The van der Waals surface area contributed by atoms with E-state index in [9.17, 15) is 9.18 Å². The largest absolute Gasteiger partial charge is 0.369 e. The summed E-state index contributed by atoms with van der Waals surface area (Å²) in [4.78, 5) is 16.7. The summed E-state index contributed by atoms with van der Waals surface area (Å²) in [5, 5.41) is 2.81. The number of halogens is 1. The molecule has 5 heteroatoms. The predicted octanol–water partition coefficient (Wildman–Crippen LogP) is 3.20. The van der Waals surface area contributed by atoms with Crippen molar-refractivity contribution in [2.45, 2.75) is 13.8 Å². The number of piperazine rings is 1. The topological polar surface area (TPSA) is 35.6 Å². The van der Waals surface area contributed by atoms with Crippen molar-refractivity contribution in [1.82, 2.24) is 4.90 Å². The van der Waals surface area contributed by atoms with Gasteiger partial charge in [-0.15, -0.1) is 0 Å². The molecule has 1 heterocycles. The Morgan fingerprint density at radius 1 is 1.00 bits per heavy atom. The number of nitrogens with zero attached hydrogens (tertiary/aromatic N) is 2. The van der Waals surface area contributed by atoms with Crippen LogP contribution in [0.4, 0.5) is 15.8 Å². The summed E-state index contributed by atoms with van der Waals surface area (Å²) in [6.07, 6.45) is 0. The number of carbonyl (C=O) groups is 1. The van der Waals surface area contributed by atoms with Gasteiger partial charge in [-0.2, -0.15) is 0 Å². The molecule has 0 bridgehead atoms. The molecule has 0 atom stereocenters. The van der Waals surface area contributed by atoms with Gasteiger partial charge in [0.1, 0.15) is 5.82 Å². The van der Waals surface area contributed by atoms with Crippen molar-refractivity contribution in [2.75, 3.05) is 42.9 Å². The van der Waals surface area contributed by atoms with E-state index in [-0.39, 0.29) is 11.7 Å². The van der Waals surface area contributed by atoms with Crippen LogP contribution in [0, 0.1) is 19.7 Å². The molecule has 1 amide bonds. The molecule has 4 nitrogen and oxygen atoms in total. The highest BCUT2D eigenvalue weighted by molar-refractivity contribution is 5.92. The fourth-order valence-corrected chi connectivity index (χ4v) is 3.02. The minimum absolute atomic E-state index is 0.0637. The lowest BCUT2D eigenvalue weighted by molar-refractivity contribution is -0.117. The van der Waals surface area contributed by atoms with Crippen LogP contribution in [0.15, 0.2) is 42.5 Å². The third kappa shape index (κ3) is 4.57. The molecule has 1 aliphatic rings. The van der Waals surface area contributed by atoms with Gasteiger partial charge in [0, 0.05) is 37.6 Å². The number of hydrogen-bond acceptors (Lipinski definition) is 3. The Labute approximate surface area is 148 Å². The Morgan fingerprint density at radius 2 is 1.68 bits per heavy atom. The van der Waals surface area contributed by atoms with Crippen molar-refractivity contribution >= 4 is 17.3 Å². The molecule has 132 valence electrons. The molecule has 0 aliphatic carbocycles. The van der Waals surface area contributed by atoms with Gasteiger partial charge in [-0.05, 0) is 61.4 Å². The standard InChI is InChI=1S/C20H24FN3O/c1-15-3-8-19(13-16(15)2)24-11-9-23(10-12-24)14-20(25)22-18-6-4-17(21)5-7-18/h3-8,13H,9-12,14H2,1-2H3,(H,22,25). The summed E-state index contributed by atoms with van der Waals surface area (Å²) in [5.41, 5.74) is 4.48. The lowest BCUT2D eigenvalue weighted by Crippen LogP contribution is -2.48. The molecule has 2 aromatic carbocycles. The lowest BCUT2D eigenvalue weighted by Gasteiger charge is -2.36. The van der Waals surface area contributed by atoms with Gasteiger partial charge < -0.3 is 10.2 Å². The van der Waals surface area contributed by atoms with E-state index >= 15 is 0 Å². The van der Waals surface area contributed by atoms with Crippen LogP contribution >= 0.6 is 0 Å².